The van der Waals surface area contributed by atoms with Crippen LogP contribution in [0.25, 0.3) is 0 Å². The summed E-state index contributed by atoms with van der Waals surface area (Å²) in [5.74, 6) is 0. The molecule has 104 valence electrons. The summed E-state index contributed by atoms with van der Waals surface area (Å²) in [6.07, 6.45) is 15.8. The Morgan fingerprint density at radius 1 is 1.17 bits per heavy atom. The van der Waals surface area contributed by atoms with Gasteiger partial charge in [0.2, 0.25) is 0 Å². The standard InChI is InChI=1S/C15H28N2O/c1-4-5-6-7-8-9-10-11-12-14(16)15(2,3)13-17-18/h7-8,11-14,18H,4-6,9-10,16H2,1-3H3. The molecular weight excluding hydrogens is 224 g/mol. The average molecular weight is 252 g/mol. The molecule has 0 aromatic rings. The van der Waals surface area contributed by atoms with Crippen molar-refractivity contribution in [2.45, 2.75) is 58.9 Å². The molecule has 0 rings (SSSR count). The van der Waals surface area contributed by atoms with Crippen molar-refractivity contribution in [2.75, 3.05) is 0 Å². The van der Waals surface area contributed by atoms with Crippen molar-refractivity contribution in [1.29, 1.82) is 0 Å². The van der Waals surface area contributed by atoms with Crippen LogP contribution in [0.4, 0.5) is 0 Å². The highest BCUT2D eigenvalue weighted by Crippen LogP contribution is 2.17. The van der Waals surface area contributed by atoms with Gasteiger partial charge in [0.05, 0.1) is 6.21 Å². The van der Waals surface area contributed by atoms with Crippen molar-refractivity contribution < 1.29 is 5.21 Å². The van der Waals surface area contributed by atoms with E-state index in [1.165, 1.54) is 25.5 Å². The van der Waals surface area contributed by atoms with Gasteiger partial charge < -0.3 is 10.9 Å². The average Bonchev–Trinajstić information content (AvgIpc) is 2.32. The summed E-state index contributed by atoms with van der Waals surface area (Å²) in [4.78, 5) is 0. The van der Waals surface area contributed by atoms with Crippen molar-refractivity contribution >= 4 is 6.21 Å². The van der Waals surface area contributed by atoms with E-state index in [2.05, 4.69) is 30.3 Å². The zero-order valence-corrected chi connectivity index (χ0v) is 12.0. The molecule has 0 aromatic carbocycles. The summed E-state index contributed by atoms with van der Waals surface area (Å²) in [6, 6.07) is -0.127. The lowest BCUT2D eigenvalue weighted by atomic mass is 9.86. The van der Waals surface area contributed by atoms with Gasteiger partial charge in [-0.15, -0.1) is 5.16 Å². The molecule has 0 saturated carbocycles. The van der Waals surface area contributed by atoms with Crippen LogP contribution in [0.1, 0.15) is 52.9 Å². The van der Waals surface area contributed by atoms with Gasteiger partial charge in [0, 0.05) is 11.5 Å². The molecule has 0 bridgehead atoms. The summed E-state index contributed by atoms with van der Waals surface area (Å²) in [7, 11) is 0. The molecule has 3 N–H and O–H groups in total. The Morgan fingerprint density at radius 2 is 1.78 bits per heavy atom. The number of allylic oxidation sites excluding steroid dienone is 3. The Balaban J connectivity index is 3.85. The van der Waals surface area contributed by atoms with E-state index in [0.29, 0.717) is 0 Å². The Bertz CT molecular complexity index is 280. The molecule has 0 radical (unpaired) electrons. The molecule has 0 aliphatic rings. The second-order valence-corrected chi connectivity index (χ2v) is 5.21. The van der Waals surface area contributed by atoms with Crippen molar-refractivity contribution in [3.8, 4) is 0 Å². The fourth-order valence-corrected chi connectivity index (χ4v) is 1.48. The van der Waals surface area contributed by atoms with Crippen LogP contribution in [0.5, 0.6) is 0 Å². The van der Waals surface area contributed by atoms with Gasteiger partial charge in [-0.1, -0.05) is 57.9 Å². The maximum absolute atomic E-state index is 8.54. The molecule has 0 saturated heterocycles. The first-order chi connectivity index (χ1) is 8.54. The second kappa shape index (κ2) is 9.89. The van der Waals surface area contributed by atoms with Gasteiger partial charge in [0.15, 0.2) is 0 Å². The van der Waals surface area contributed by atoms with Crippen molar-refractivity contribution in [2.24, 2.45) is 16.3 Å². The lowest BCUT2D eigenvalue weighted by molar-refractivity contribution is 0.311. The third kappa shape index (κ3) is 8.07. The summed E-state index contributed by atoms with van der Waals surface area (Å²) in [5, 5.41) is 11.6. The van der Waals surface area contributed by atoms with E-state index in [1.54, 1.807) is 0 Å². The van der Waals surface area contributed by atoms with Crippen molar-refractivity contribution in [1.82, 2.24) is 0 Å². The first kappa shape index (κ1) is 16.9. The van der Waals surface area contributed by atoms with Crippen LogP contribution in [0.3, 0.4) is 0 Å². The highest BCUT2D eigenvalue weighted by atomic mass is 16.4. The van der Waals surface area contributed by atoms with E-state index in [0.717, 1.165) is 12.8 Å². The monoisotopic (exact) mass is 252 g/mol. The maximum atomic E-state index is 8.54. The van der Waals surface area contributed by atoms with Gasteiger partial charge in [0.1, 0.15) is 0 Å². The fraction of sp³-hybridized carbons (Fsp3) is 0.667. The van der Waals surface area contributed by atoms with E-state index in [4.69, 9.17) is 10.9 Å². The number of nitrogens with two attached hydrogens (primary N) is 1. The van der Waals surface area contributed by atoms with Gasteiger partial charge in [-0.25, -0.2) is 0 Å². The third-order valence-electron chi connectivity index (χ3n) is 2.98. The Hall–Kier alpha value is -1.09. The predicted molar refractivity (Wildman–Crippen MR) is 79.1 cm³/mol. The van der Waals surface area contributed by atoms with Gasteiger partial charge in [-0.05, 0) is 19.3 Å². The van der Waals surface area contributed by atoms with E-state index >= 15 is 0 Å². The predicted octanol–water partition coefficient (Wildman–Crippen LogP) is 3.88. The molecule has 0 heterocycles. The number of oxime groups is 1. The van der Waals surface area contributed by atoms with Crippen LogP contribution in [0.2, 0.25) is 0 Å². The van der Waals surface area contributed by atoms with E-state index < -0.39 is 0 Å². The molecule has 3 heteroatoms. The minimum absolute atomic E-state index is 0.127. The van der Waals surface area contributed by atoms with Crippen LogP contribution in [-0.4, -0.2) is 17.5 Å². The van der Waals surface area contributed by atoms with Crippen molar-refractivity contribution in [3.05, 3.63) is 24.3 Å². The molecule has 0 spiro atoms. The van der Waals surface area contributed by atoms with Gasteiger partial charge in [0.25, 0.3) is 0 Å². The van der Waals surface area contributed by atoms with Crippen LogP contribution in [0, 0.1) is 5.41 Å². The smallest absolute Gasteiger partial charge is 0.0510 e. The van der Waals surface area contributed by atoms with E-state index in [1.807, 2.05) is 19.9 Å². The summed E-state index contributed by atoms with van der Waals surface area (Å²) in [6.45, 7) is 6.11. The summed E-state index contributed by atoms with van der Waals surface area (Å²) < 4.78 is 0. The molecular formula is C15H28N2O. The number of rotatable bonds is 9. The molecule has 0 aliphatic carbocycles. The molecule has 0 fully saturated rings. The normalized spacial score (nSPS) is 15.1. The molecule has 0 amide bonds. The summed E-state index contributed by atoms with van der Waals surface area (Å²) >= 11 is 0. The van der Waals surface area contributed by atoms with Crippen LogP contribution < -0.4 is 5.73 Å². The highest BCUT2D eigenvalue weighted by Gasteiger charge is 2.22. The Morgan fingerprint density at radius 3 is 2.39 bits per heavy atom. The Kier molecular flexibility index (Phi) is 9.29. The van der Waals surface area contributed by atoms with Crippen molar-refractivity contribution in [3.63, 3.8) is 0 Å². The number of nitrogens with zero attached hydrogens (tertiary/aromatic N) is 1. The quantitative estimate of drug-likeness (QED) is 0.215. The zero-order chi connectivity index (χ0) is 13.9. The number of hydrogen-bond acceptors (Lipinski definition) is 3. The molecule has 18 heavy (non-hydrogen) atoms. The third-order valence-corrected chi connectivity index (χ3v) is 2.98. The van der Waals surface area contributed by atoms with Crippen LogP contribution in [0.15, 0.2) is 29.5 Å². The number of unbranched alkanes of at least 4 members (excludes halogenated alkanes) is 3. The van der Waals surface area contributed by atoms with E-state index in [9.17, 15) is 0 Å². The summed E-state index contributed by atoms with van der Waals surface area (Å²) in [5.41, 5.74) is 5.69. The SMILES string of the molecule is CCCCC=CCCC=CC(N)C(C)(C)C=NO. The highest BCUT2D eigenvalue weighted by molar-refractivity contribution is 5.65. The molecule has 0 aliphatic heterocycles. The minimum atomic E-state index is -0.317. The fourth-order valence-electron chi connectivity index (χ4n) is 1.48. The first-order valence-electron chi connectivity index (χ1n) is 6.80. The van der Waals surface area contributed by atoms with Crippen LogP contribution >= 0.6 is 0 Å². The maximum Gasteiger partial charge on any atom is 0.0510 e. The topological polar surface area (TPSA) is 58.6 Å². The molecule has 1 unspecified atom stereocenters. The number of hydrogen-bond donors (Lipinski definition) is 2. The molecule has 0 aromatic heterocycles. The zero-order valence-electron chi connectivity index (χ0n) is 12.0. The lowest BCUT2D eigenvalue weighted by Gasteiger charge is -2.23. The minimum Gasteiger partial charge on any atom is -0.411 e. The molecule has 1 atom stereocenters. The van der Waals surface area contributed by atoms with Crippen LogP contribution in [-0.2, 0) is 0 Å². The van der Waals surface area contributed by atoms with Gasteiger partial charge in [-0.3, -0.25) is 0 Å². The lowest BCUT2D eigenvalue weighted by Crippen LogP contribution is -2.36. The van der Waals surface area contributed by atoms with Gasteiger partial charge >= 0.3 is 0 Å². The molecule has 3 nitrogen and oxygen atoms in total. The second-order valence-electron chi connectivity index (χ2n) is 5.21. The van der Waals surface area contributed by atoms with E-state index in [-0.39, 0.29) is 11.5 Å². The largest absolute Gasteiger partial charge is 0.411 e. The first-order valence-corrected chi connectivity index (χ1v) is 6.80. The Labute approximate surface area is 111 Å². The van der Waals surface area contributed by atoms with Gasteiger partial charge in [-0.2, -0.15) is 0 Å².